The van der Waals surface area contributed by atoms with Crippen molar-refractivity contribution in [2.45, 2.75) is 44.7 Å². The molecule has 144 valence electrons. The standard InChI is InChI=1S/C21H23FO5/c1-13(23)4-2-5-14-8-9-17(27-21-20(25)19(24)12-26-21)11-18(14)15-6-3-7-16(22)10-15/h3,6-11,19-21,24-25H,2,4-5,12H2,1H3. The van der Waals surface area contributed by atoms with Gasteiger partial charge in [0.2, 0.25) is 6.29 Å². The molecule has 1 fully saturated rings. The van der Waals surface area contributed by atoms with Gasteiger partial charge in [0.05, 0.1) is 6.61 Å². The minimum Gasteiger partial charge on any atom is -0.462 e. The Morgan fingerprint density at radius 3 is 2.74 bits per heavy atom. The zero-order valence-corrected chi connectivity index (χ0v) is 15.1. The fourth-order valence-electron chi connectivity index (χ4n) is 3.11. The lowest BCUT2D eigenvalue weighted by molar-refractivity contribution is -0.117. The van der Waals surface area contributed by atoms with E-state index >= 15 is 0 Å². The highest BCUT2D eigenvalue weighted by Gasteiger charge is 2.36. The third-order valence-electron chi connectivity index (χ3n) is 4.55. The number of hydrogen-bond donors (Lipinski definition) is 2. The molecule has 0 amide bonds. The zero-order valence-electron chi connectivity index (χ0n) is 15.1. The van der Waals surface area contributed by atoms with Crippen molar-refractivity contribution in [3.05, 3.63) is 53.8 Å². The van der Waals surface area contributed by atoms with Crippen molar-refractivity contribution >= 4 is 5.78 Å². The Bertz CT molecular complexity index is 807. The van der Waals surface area contributed by atoms with Crippen LogP contribution in [0, 0.1) is 5.82 Å². The smallest absolute Gasteiger partial charge is 0.228 e. The van der Waals surface area contributed by atoms with Gasteiger partial charge in [-0.15, -0.1) is 0 Å². The van der Waals surface area contributed by atoms with Crippen molar-refractivity contribution in [1.29, 1.82) is 0 Å². The molecule has 0 saturated carbocycles. The minimum absolute atomic E-state index is 0.00567. The molecule has 2 aromatic carbocycles. The van der Waals surface area contributed by atoms with Crippen LogP contribution in [0.15, 0.2) is 42.5 Å². The van der Waals surface area contributed by atoms with Crippen LogP contribution in [-0.2, 0) is 16.0 Å². The fraction of sp³-hybridized carbons (Fsp3) is 0.381. The third kappa shape index (κ3) is 4.91. The van der Waals surface area contributed by atoms with Crippen molar-refractivity contribution in [2.75, 3.05) is 6.61 Å². The third-order valence-corrected chi connectivity index (χ3v) is 4.55. The Balaban J connectivity index is 1.86. The zero-order chi connectivity index (χ0) is 19.4. The molecule has 0 aromatic heterocycles. The maximum absolute atomic E-state index is 13.7. The molecule has 3 atom stereocenters. The van der Waals surface area contributed by atoms with Gasteiger partial charge in [0.1, 0.15) is 29.6 Å². The van der Waals surface area contributed by atoms with E-state index in [0.717, 1.165) is 11.1 Å². The van der Waals surface area contributed by atoms with E-state index in [1.165, 1.54) is 12.1 Å². The van der Waals surface area contributed by atoms with Gasteiger partial charge >= 0.3 is 0 Å². The van der Waals surface area contributed by atoms with Crippen LogP contribution >= 0.6 is 0 Å². The number of rotatable bonds is 7. The molecule has 0 bridgehead atoms. The van der Waals surface area contributed by atoms with Gasteiger partial charge in [0.15, 0.2) is 0 Å². The number of halogens is 1. The Hall–Kier alpha value is -2.28. The maximum atomic E-state index is 13.7. The summed E-state index contributed by atoms with van der Waals surface area (Å²) in [5.41, 5.74) is 2.47. The second-order valence-electron chi connectivity index (χ2n) is 6.76. The molecule has 0 radical (unpaired) electrons. The number of aliphatic hydroxyl groups excluding tert-OH is 2. The molecule has 3 rings (SSSR count). The maximum Gasteiger partial charge on any atom is 0.228 e. The molecule has 5 nitrogen and oxygen atoms in total. The van der Waals surface area contributed by atoms with Crippen LogP contribution in [-0.4, -0.2) is 41.1 Å². The Morgan fingerprint density at radius 1 is 1.26 bits per heavy atom. The average molecular weight is 374 g/mol. The van der Waals surface area contributed by atoms with Gasteiger partial charge in [-0.05, 0) is 60.7 Å². The Labute approximate surface area is 157 Å². The molecule has 2 aromatic rings. The number of carbonyl (C=O) groups excluding carboxylic acids is 1. The first-order chi connectivity index (χ1) is 12.9. The quantitative estimate of drug-likeness (QED) is 0.779. The highest BCUT2D eigenvalue weighted by molar-refractivity contribution is 5.75. The number of aliphatic hydroxyl groups is 2. The SMILES string of the molecule is CC(=O)CCCc1ccc(OC2OCC(O)C2O)cc1-c1cccc(F)c1. The molecule has 2 N–H and O–H groups in total. The van der Waals surface area contributed by atoms with Crippen molar-refractivity contribution in [3.63, 3.8) is 0 Å². The number of hydrogen-bond acceptors (Lipinski definition) is 5. The van der Waals surface area contributed by atoms with E-state index in [-0.39, 0.29) is 18.2 Å². The van der Waals surface area contributed by atoms with E-state index in [1.54, 1.807) is 31.2 Å². The van der Waals surface area contributed by atoms with Gasteiger partial charge in [-0.2, -0.15) is 0 Å². The van der Waals surface area contributed by atoms with Crippen molar-refractivity contribution in [1.82, 2.24) is 0 Å². The monoisotopic (exact) mass is 374 g/mol. The van der Waals surface area contributed by atoms with Gasteiger partial charge in [-0.25, -0.2) is 4.39 Å². The van der Waals surface area contributed by atoms with Gasteiger partial charge < -0.3 is 24.5 Å². The first-order valence-corrected chi connectivity index (χ1v) is 8.97. The summed E-state index contributed by atoms with van der Waals surface area (Å²) in [7, 11) is 0. The van der Waals surface area contributed by atoms with Crippen LogP contribution in [0.25, 0.3) is 11.1 Å². The van der Waals surface area contributed by atoms with Crippen LogP contribution < -0.4 is 4.74 Å². The predicted molar refractivity (Wildman–Crippen MR) is 97.8 cm³/mol. The van der Waals surface area contributed by atoms with Crippen molar-refractivity contribution in [2.24, 2.45) is 0 Å². The molecular formula is C21H23FO5. The molecule has 27 heavy (non-hydrogen) atoms. The largest absolute Gasteiger partial charge is 0.462 e. The Morgan fingerprint density at radius 2 is 2.07 bits per heavy atom. The molecule has 6 heteroatoms. The lowest BCUT2D eigenvalue weighted by Crippen LogP contribution is -2.33. The molecule has 3 unspecified atom stereocenters. The Kier molecular flexibility index (Phi) is 6.21. The molecule has 1 aliphatic heterocycles. The van der Waals surface area contributed by atoms with Gasteiger partial charge in [0, 0.05) is 6.42 Å². The first kappa shape index (κ1) is 19.5. The highest BCUT2D eigenvalue weighted by atomic mass is 19.1. The van der Waals surface area contributed by atoms with Crippen LogP contribution in [0.2, 0.25) is 0 Å². The topological polar surface area (TPSA) is 76.0 Å². The van der Waals surface area contributed by atoms with E-state index in [1.807, 2.05) is 6.07 Å². The molecular weight excluding hydrogens is 351 g/mol. The van der Waals surface area contributed by atoms with Crippen molar-refractivity contribution in [3.8, 4) is 16.9 Å². The van der Waals surface area contributed by atoms with Crippen LogP contribution in [0.3, 0.4) is 0 Å². The normalized spacial score (nSPS) is 22.0. The summed E-state index contributed by atoms with van der Waals surface area (Å²) in [6.07, 6.45) is -1.20. The lowest BCUT2D eigenvalue weighted by Gasteiger charge is -2.19. The number of aryl methyl sites for hydroxylation is 1. The summed E-state index contributed by atoms with van der Waals surface area (Å²) in [4.78, 5) is 11.2. The molecule has 1 saturated heterocycles. The lowest BCUT2D eigenvalue weighted by atomic mass is 9.95. The summed E-state index contributed by atoms with van der Waals surface area (Å²) in [6.45, 7) is 1.57. The summed E-state index contributed by atoms with van der Waals surface area (Å²) in [5.74, 6) is 0.238. The summed E-state index contributed by atoms with van der Waals surface area (Å²) in [5, 5.41) is 19.5. The predicted octanol–water partition coefficient (Wildman–Crippen LogP) is 2.86. The second kappa shape index (κ2) is 8.61. The van der Waals surface area contributed by atoms with Crippen LogP contribution in [0.4, 0.5) is 4.39 Å². The van der Waals surface area contributed by atoms with Crippen LogP contribution in [0.1, 0.15) is 25.3 Å². The minimum atomic E-state index is -1.13. The first-order valence-electron chi connectivity index (χ1n) is 8.97. The van der Waals surface area contributed by atoms with E-state index < -0.39 is 18.5 Å². The molecule has 1 heterocycles. The van der Waals surface area contributed by atoms with Crippen molar-refractivity contribution < 1.29 is 28.9 Å². The molecule has 0 aliphatic carbocycles. The van der Waals surface area contributed by atoms with E-state index in [0.29, 0.717) is 30.6 Å². The summed E-state index contributed by atoms with van der Waals surface area (Å²) in [6, 6.07) is 11.6. The van der Waals surface area contributed by atoms with E-state index in [9.17, 15) is 19.4 Å². The fourth-order valence-corrected chi connectivity index (χ4v) is 3.11. The number of ketones is 1. The average Bonchev–Trinajstić information content (AvgIpc) is 2.94. The number of benzene rings is 2. The molecule has 1 aliphatic rings. The summed E-state index contributed by atoms with van der Waals surface area (Å²) < 4.78 is 24.6. The van der Waals surface area contributed by atoms with E-state index in [2.05, 4.69) is 0 Å². The number of ether oxygens (including phenoxy) is 2. The number of carbonyl (C=O) groups is 1. The van der Waals surface area contributed by atoms with Crippen LogP contribution in [0.5, 0.6) is 5.75 Å². The second-order valence-corrected chi connectivity index (χ2v) is 6.76. The summed E-state index contributed by atoms with van der Waals surface area (Å²) >= 11 is 0. The number of Topliss-reactive ketones (excluding diaryl/α,β-unsaturated/α-hetero) is 1. The molecule has 0 spiro atoms. The highest BCUT2D eigenvalue weighted by Crippen LogP contribution is 2.31. The van der Waals surface area contributed by atoms with E-state index in [4.69, 9.17) is 9.47 Å². The van der Waals surface area contributed by atoms with Gasteiger partial charge in [-0.1, -0.05) is 18.2 Å². The van der Waals surface area contributed by atoms with Gasteiger partial charge in [0.25, 0.3) is 0 Å². The van der Waals surface area contributed by atoms with Gasteiger partial charge in [-0.3, -0.25) is 0 Å².